The van der Waals surface area contributed by atoms with Gasteiger partial charge in [0.15, 0.2) is 0 Å². The van der Waals surface area contributed by atoms with Crippen LogP contribution in [-0.2, 0) is 0 Å². The first-order valence-electron chi connectivity index (χ1n) is 6.53. The molecule has 0 heterocycles. The Balaban J connectivity index is 2.13. The van der Waals surface area contributed by atoms with Gasteiger partial charge in [-0.05, 0) is 46.9 Å². The molecule has 2 rings (SSSR count). The van der Waals surface area contributed by atoms with Crippen molar-refractivity contribution in [2.45, 2.75) is 0 Å². The average Bonchev–Trinajstić information content (AvgIpc) is 2.56. The summed E-state index contributed by atoms with van der Waals surface area (Å²) in [4.78, 5) is 22.3. The molecule has 0 saturated carbocycles. The molecule has 0 fully saturated rings. The van der Waals surface area contributed by atoms with Gasteiger partial charge in [0.1, 0.15) is 5.75 Å². The number of hydrazone groups is 1. The van der Waals surface area contributed by atoms with Crippen molar-refractivity contribution in [1.29, 1.82) is 0 Å². The van der Waals surface area contributed by atoms with Gasteiger partial charge >= 0.3 is 0 Å². The van der Waals surface area contributed by atoms with Crippen molar-refractivity contribution in [1.82, 2.24) is 5.43 Å². The molecule has 9 heteroatoms. The summed E-state index contributed by atoms with van der Waals surface area (Å²) in [6.07, 6.45) is 1.25. The number of nitrogens with one attached hydrogen (secondary N) is 1. The molecule has 0 unspecified atom stereocenters. The molecular formula is C15H11ClIN3O4. The number of methoxy groups -OCH3 is 1. The second-order valence-corrected chi connectivity index (χ2v) is 6.08. The fourth-order valence-electron chi connectivity index (χ4n) is 1.77. The summed E-state index contributed by atoms with van der Waals surface area (Å²) in [5.41, 5.74) is 2.92. The zero-order chi connectivity index (χ0) is 17.7. The normalized spacial score (nSPS) is 10.6. The minimum absolute atomic E-state index is 0.116. The number of nitro benzene ring substituents is 1. The summed E-state index contributed by atoms with van der Waals surface area (Å²) < 4.78 is 6.03. The Bertz CT molecular complexity index is 826. The number of carbonyl (C=O) groups excluding carboxylic acids is 1. The second kappa shape index (κ2) is 8.06. The summed E-state index contributed by atoms with van der Waals surface area (Å²) in [7, 11) is 1.52. The van der Waals surface area contributed by atoms with Gasteiger partial charge in [-0.15, -0.1) is 0 Å². The van der Waals surface area contributed by atoms with Crippen molar-refractivity contribution in [3.05, 3.63) is 66.2 Å². The number of hydrogen-bond acceptors (Lipinski definition) is 5. The van der Waals surface area contributed by atoms with Crippen molar-refractivity contribution >= 4 is 52.0 Å². The molecule has 124 valence electrons. The fraction of sp³-hybridized carbons (Fsp3) is 0.0667. The molecule has 0 saturated heterocycles. The number of ether oxygens (including phenoxy) is 1. The smallest absolute Gasteiger partial charge is 0.271 e. The Morgan fingerprint density at radius 1 is 1.38 bits per heavy atom. The number of halogens is 2. The second-order valence-electron chi connectivity index (χ2n) is 4.51. The third-order valence-electron chi connectivity index (χ3n) is 2.97. The topological polar surface area (TPSA) is 93.8 Å². The van der Waals surface area contributed by atoms with E-state index in [1.807, 2.05) is 0 Å². The van der Waals surface area contributed by atoms with Crippen LogP contribution in [0.3, 0.4) is 0 Å². The number of benzene rings is 2. The number of nitrogens with zero attached hydrogens (tertiary/aromatic N) is 2. The predicted octanol–water partition coefficient (Wildman–Crippen LogP) is 3.63. The third kappa shape index (κ3) is 4.42. The van der Waals surface area contributed by atoms with Gasteiger partial charge in [-0.25, -0.2) is 5.43 Å². The van der Waals surface area contributed by atoms with Gasteiger partial charge in [0.05, 0.1) is 21.8 Å². The van der Waals surface area contributed by atoms with Crippen LogP contribution < -0.4 is 10.2 Å². The zero-order valence-corrected chi connectivity index (χ0v) is 15.2. The van der Waals surface area contributed by atoms with E-state index in [0.717, 1.165) is 3.57 Å². The molecule has 0 aliphatic carbocycles. The van der Waals surface area contributed by atoms with E-state index in [1.165, 1.54) is 31.5 Å². The van der Waals surface area contributed by atoms with Gasteiger partial charge in [-0.3, -0.25) is 14.9 Å². The lowest BCUT2D eigenvalue weighted by Crippen LogP contribution is -2.17. The van der Waals surface area contributed by atoms with Crippen molar-refractivity contribution < 1.29 is 14.5 Å². The predicted molar refractivity (Wildman–Crippen MR) is 98.9 cm³/mol. The highest BCUT2D eigenvalue weighted by Gasteiger charge is 2.10. The Kier molecular flexibility index (Phi) is 6.10. The molecule has 24 heavy (non-hydrogen) atoms. The highest BCUT2D eigenvalue weighted by molar-refractivity contribution is 14.1. The Labute approximate surface area is 155 Å². The van der Waals surface area contributed by atoms with Gasteiger partial charge in [0, 0.05) is 28.3 Å². The summed E-state index contributed by atoms with van der Waals surface area (Å²) >= 11 is 8.04. The zero-order valence-electron chi connectivity index (χ0n) is 12.3. The van der Waals surface area contributed by atoms with E-state index < -0.39 is 10.8 Å². The van der Waals surface area contributed by atoms with Crippen LogP contribution in [-0.4, -0.2) is 24.2 Å². The van der Waals surface area contributed by atoms with Crippen LogP contribution in [0.1, 0.15) is 15.9 Å². The maximum atomic E-state index is 12.1. The third-order valence-corrected chi connectivity index (χ3v) is 4.21. The van der Waals surface area contributed by atoms with Crippen molar-refractivity contribution in [3.63, 3.8) is 0 Å². The van der Waals surface area contributed by atoms with E-state index in [0.29, 0.717) is 16.9 Å². The average molecular weight is 460 g/mol. The first-order valence-corrected chi connectivity index (χ1v) is 7.99. The maximum Gasteiger partial charge on any atom is 0.271 e. The van der Waals surface area contributed by atoms with Crippen molar-refractivity contribution in [2.24, 2.45) is 5.10 Å². The monoisotopic (exact) mass is 459 g/mol. The lowest BCUT2D eigenvalue weighted by Gasteiger charge is -2.05. The van der Waals surface area contributed by atoms with E-state index in [-0.39, 0.29) is 10.7 Å². The molecule has 0 aliphatic rings. The van der Waals surface area contributed by atoms with Crippen LogP contribution in [0, 0.1) is 13.7 Å². The van der Waals surface area contributed by atoms with Gasteiger partial charge in [-0.2, -0.15) is 5.10 Å². The molecule has 7 nitrogen and oxygen atoms in total. The molecule has 2 aromatic rings. The first kappa shape index (κ1) is 18.1. The van der Waals surface area contributed by atoms with E-state index in [2.05, 4.69) is 33.1 Å². The fourth-order valence-corrected chi connectivity index (χ4v) is 2.49. The molecule has 0 bridgehead atoms. The number of carbonyl (C=O) groups is 1. The Morgan fingerprint density at radius 3 is 2.79 bits per heavy atom. The van der Waals surface area contributed by atoms with Crippen LogP contribution in [0.2, 0.25) is 5.02 Å². The molecule has 1 N–H and O–H groups in total. The highest BCUT2D eigenvalue weighted by atomic mass is 127. The van der Waals surface area contributed by atoms with Crippen molar-refractivity contribution in [3.8, 4) is 5.75 Å². The quantitative estimate of drug-likeness (QED) is 0.320. The van der Waals surface area contributed by atoms with E-state index in [1.54, 1.807) is 18.2 Å². The molecule has 0 atom stereocenters. The highest BCUT2D eigenvalue weighted by Crippen LogP contribution is 2.22. The Hall–Kier alpha value is -2.20. The number of rotatable bonds is 5. The summed E-state index contributed by atoms with van der Waals surface area (Å²) in [5.74, 6) is 0.136. The van der Waals surface area contributed by atoms with Gasteiger partial charge < -0.3 is 4.74 Å². The molecule has 0 aliphatic heterocycles. The first-order chi connectivity index (χ1) is 11.4. The molecular weight excluding hydrogens is 449 g/mol. The molecule has 0 spiro atoms. The van der Waals surface area contributed by atoms with Gasteiger partial charge in [0.25, 0.3) is 11.6 Å². The van der Waals surface area contributed by atoms with Crippen LogP contribution in [0.15, 0.2) is 41.5 Å². The minimum Gasteiger partial charge on any atom is -0.496 e. The van der Waals surface area contributed by atoms with E-state index in [9.17, 15) is 14.9 Å². The Morgan fingerprint density at radius 2 is 2.12 bits per heavy atom. The van der Waals surface area contributed by atoms with Gasteiger partial charge in [-0.1, -0.05) is 11.6 Å². The summed E-state index contributed by atoms with van der Waals surface area (Å²) in [6, 6.07) is 8.92. The number of amides is 1. The molecule has 2 aromatic carbocycles. The lowest BCUT2D eigenvalue weighted by molar-refractivity contribution is -0.384. The maximum absolute atomic E-state index is 12.1. The van der Waals surface area contributed by atoms with E-state index in [4.69, 9.17) is 16.3 Å². The number of hydrogen-bond donors (Lipinski definition) is 1. The molecule has 0 aromatic heterocycles. The SMILES string of the molecule is COc1cc(C(=O)NN=Cc2cc([N+](=O)[O-])ccc2Cl)ccc1I. The van der Waals surface area contributed by atoms with E-state index >= 15 is 0 Å². The standard InChI is InChI=1S/C15H11ClIN3O4/c1-24-14-7-9(2-5-13(14)17)15(21)19-18-8-10-6-11(20(22)23)3-4-12(10)16/h2-8H,1H3,(H,19,21). The minimum atomic E-state index is -0.538. The van der Waals surface area contributed by atoms with Crippen LogP contribution in [0.5, 0.6) is 5.75 Å². The lowest BCUT2D eigenvalue weighted by atomic mass is 10.2. The van der Waals surface area contributed by atoms with Gasteiger partial charge in [0.2, 0.25) is 0 Å². The van der Waals surface area contributed by atoms with Crippen LogP contribution in [0.25, 0.3) is 0 Å². The summed E-state index contributed by atoms with van der Waals surface area (Å²) in [5, 5.41) is 14.8. The molecule has 0 radical (unpaired) electrons. The number of non-ortho nitro benzene ring substituents is 1. The van der Waals surface area contributed by atoms with Crippen LogP contribution in [0.4, 0.5) is 5.69 Å². The largest absolute Gasteiger partial charge is 0.496 e. The van der Waals surface area contributed by atoms with Crippen LogP contribution >= 0.6 is 34.2 Å². The summed E-state index contributed by atoms with van der Waals surface area (Å²) in [6.45, 7) is 0. The number of nitro groups is 1. The van der Waals surface area contributed by atoms with Crippen molar-refractivity contribution in [2.75, 3.05) is 7.11 Å². The molecule has 1 amide bonds.